The zero-order chi connectivity index (χ0) is 17.4. The summed E-state index contributed by atoms with van der Waals surface area (Å²) in [7, 11) is 0. The highest BCUT2D eigenvalue weighted by Gasteiger charge is 2.37. The Balaban J connectivity index is 1.60. The Bertz CT molecular complexity index is 833. The van der Waals surface area contributed by atoms with Crippen molar-refractivity contribution in [2.75, 3.05) is 0 Å². The molecule has 0 saturated heterocycles. The Kier molecular flexibility index (Phi) is 4.43. The van der Waals surface area contributed by atoms with Gasteiger partial charge < -0.3 is 9.88 Å². The molecule has 0 radical (unpaired) electrons. The number of amides is 1. The van der Waals surface area contributed by atoms with E-state index in [4.69, 9.17) is 11.6 Å². The first kappa shape index (κ1) is 16.5. The molecule has 1 heterocycles. The van der Waals surface area contributed by atoms with Crippen molar-refractivity contribution in [1.82, 2.24) is 9.88 Å². The molecule has 0 aliphatic heterocycles. The van der Waals surface area contributed by atoms with Crippen LogP contribution in [0.5, 0.6) is 0 Å². The first-order chi connectivity index (χ1) is 12.2. The van der Waals surface area contributed by atoms with Crippen molar-refractivity contribution in [1.29, 1.82) is 5.26 Å². The maximum absolute atomic E-state index is 12.9. The van der Waals surface area contributed by atoms with Crippen LogP contribution in [0.4, 0.5) is 0 Å². The normalized spacial score (nSPS) is 24.6. The Morgan fingerprint density at radius 1 is 1.24 bits per heavy atom. The molecule has 5 heteroatoms. The fourth-order valence-electron chi connectivity index (χ4n) is 4.12. The van der Waals surface area contributed by atoms with Crippen LogP contribution in [0.3, 0.4) is 0 Å². The smallest absolute Gasteiger partial charge is 0.226 e. The van der Waals surface area contributed by atoms with Gasteiger partial charge in [-0.05, 0) is 55.9 Å². The summed E-state index contributed by atoms with van der Waals surface area (Å²) in [5.41, 5.74) is 1.12. The summed E-state index contributed by atoms with van der Waals surface area (Å²) in [5, 5.41) is 14.2. The van der Waals surface area contributed by atoms with Gasteiger partial charge in [0.05, 0.1) is 12.0 Å². The van der Waals surface area contributed by atoms with Crippen LogP contribution in [0.1, 0.15) is 44.6 Å². The molecule has 2 fully saturated rings. The molecule has 1 unspecified atom stereocenters. The molecule has 1 N–H and O–H groups in total. The van der Waals surface area contributed by atoms with E-state index < -0.39 is 0 Å². The van der Waals surface area contributed by atoms with E-state index in [0.29, 0.717) is 5.92 Å². The Labute approximate surface area is 152 Å². The van der Waals surface area contributed by atoms with Crippen LogP contribution in [0.25, 0.3) is 10.9 Å². The molecule has 4 rings (SSSR count). The van der Waals surface area contributed by atoms with E-state index in [2.05, 4.69) is 28.2 Å². The lowest BCUT2D eigenvalue weighted by Gasteiger charge is -2.33. The molecular formula is C20H22ClN3O. The maximum atomic E-state index is 12.9. The maximum Gasteiger partial charge on any atom is 0.226 e. The van der Waals surface area contributed by atoms with Crippen LogP contribution in [0.15, 0.2) is 30.5 Å². The molecular weight excluding hydrogens is 334 g/mol. The van der Waals surface area contributed by atoms with Gasteiger partial charge in [0.2, 0.25) is 5.91 Å². The first-order valence-corrected chi connectivity index (χ1v) is 9.51. The number of nitrogens with zero attached hydrogens (tertiary/aromatic N) is 2. The summed E-state index contributed by atoms with van der Waals surface area (Å²) in [6.07, 6.45) is 8.25. The van der Waals surface area contributed by atoms with Crippen molar-refractivity contribution < 1.29 is 4.79 Å². The SMILES string of the molecule is N#CC(NC(=O)[C@@H]1CCCC[C@@H]1n1ccc2cc(Cl)ccc21)C1CC1. The van der Waals surface area contributed by atoms with Crippen molar-refractivity contribution in [2.24, 2.45) is 11.8 Å². The minimum Gasteiger partial charge on any atom is -0.344 e. The highest BCUT2D eigenvalue weighted by Crippen LogP contribution is 2.38. The lowest BCUT2D eigenvalue weighted by Crippen LogP contribution is -2.43. The van der Waals surface area contributed by atoms with Gasteiger partial charge in [-0.2, -0.15) is 5.26 Å². The van der Waals surface area contributed by atoms with Crippen molar-refractivity contribution in [3.8, 4) is 6.07 Å². The number of hydrogen-bond acceptors (Lipinski definition) is 2. The Hall–Kier alpha value is -1.99. The standard InChI is InChI=1S/C20H22ClN3O/c21-15-7-8-18-14(11-15)9-10-24(18)19-4-2-1-3-16(19)20(25)23-17(12-22)13-5-6-13/h7-11,13,16-17,19H,1-6H2,(H,23,25)/t16-,17?,19+/m1/s1. The largest absolute Gasteiger partial charge is 0.344 e. The highest BCUT2D eigenvalue weighted by atomic mass is 35.5. The van der Waals surface area contributed by atoms with Gasteiger partial charge in [-0.25, -0.2) is 0 Å². The molecule has 2 aliphatic carbocycles. The van der Waals surface area contributed by atoms with Crippen LogP contribution < -0.4 is 5.32 Å². The third kappa shape index (κ3) is 3.26. The van der Waals surface area contributed by atoms with Gasteiger partial charge in [0, 0.05) is 28.2 Å². The van der Waals surface area contributed by atoms with E-state index in [-0.39, 0.29) is 23.9 Å². The van der Waals surface area contributed by atoms with Crippen LogP contribution in [-0.2, 0) is 4.79 Å². The number of halogens is 1. The van der Waals surface area contributed by atoms with E-state index in [0.717, 1.165) is 54.5 Å². The molecule has 25 heavy (non-hydrogen) atoms. The summed E-state index contributed by atoms with van der Waals surface area (Å²) in [4.78, 5) is 12.9. The monoisotopic (exact) mass is 355 g/mol. The van der Waals surface area contributed by atoms with Crippen LogP contribution in [0.2, 0.25) is 5.02 Å². The van der Waals surface area contributed by atoms with Crippen molar-refractivity contribution in [3.05, 3.63) is 35.5 Å². The average Bonchev–Trinajstić information content (AvgIpc) is 3.39. The summed E-state index contributed by atoms with van der Waals surface area (Å²) in [6.45, 7) is 0. The molecule has 130 valence electrons. The van der Waals surface area contributed by atoms with Crippen molar-refractivity contribution in [2.45, 2.75) is 50.6 Å². The molecule has 0 bridgehead atoms. The molecule has 4 nitrogen and oxygen atoms in total. The fourth-order valence-corrected chi connectivity index (χ4v) is 4.30. The lowest BCUT2D eigenvalue weighted by atomic mass is 9.83. The van der Waals surface area contributed by atoms with Crippen LogP contribution >= 0.6 is 11.6 Å². The van der Waals surface area contributed by atoms with Gasteiger partial charge in [-0.3, -0.25) is 4.79 Å². The number of hydrogen-bond donors (Lipinski definition) is 1. The van der Waals surface area contributed by atoms with Gasteiger partial charge in [0.1, 0.15) is 6.04 Å². The van der Waals surface area contributed by atoms with Crippen LogP contribution in [0, 0.1) is 23.2 Å². The summed E-state index contributed by atoms with van der Waals surface area (Å²) >= 11 is 6.10. The van der Waals surface area contributed by atoms with Crippen molar-refractivity contribution >= 4 is 28.4 Å². The number of carbonyl (C=O) groups excluding carboxylic acids is 1. The first-order valence-electron chi connectivity index (χ1n) is 9.13. The minimum atomic E-state index is -0.324. The Morgan fingerprint density at radius 2 is 2.04 bits per heavy atom. The number of carbonyl (C=O) groups is 1. The fraction of sp³-hybridized carbons (Fsp3) is 0.500. The van der Waals surface area contributed by atoms with E-state index in [1.54, 1.807) is 0 Å². The third-order valence-corrected chi connectivity index (χ3v) is 5.87. The second kappa shape index (κ2) is 6.72. The van der Waals surface area contributed by atoms with Crippen molar-refractivity contribution in [3.63, 3.8) is 0 Å². The number of benzene rings is 1. The molecule has 3 atom stereocenters. The third-order valence-electron chi connectivity index (χ3n) is 5.64. The van der Waals surface area contributed by atoms with E-state index >= 15 is 0 Å². The molecule has 1 amide bonds. The van der Waals surface area contributed by atoms with Gasteiger partial charge in [0.25, 0.3) is 0 Å². The molecule has 2 aliphatic rings. The number of nitrogens with one attached hydrogen (secondary N) is 1. The van der Waals surface area contributed by atoms with E-state index in [9.17, 15) is 10.1 Å². The molecule has 0 spiro atoms. The topological polar surface area (TPSA) is 57.8 Å². The predicted molar refractivity (Wildman–Crippen MR) is 98.2 cm³/mol. The Morgan fingerprint density at radius 3 is 2.80 bits per heavy atom. The number of nitriles is 1. The van der Waals surface area contributed by atoms with E-state index in [1.807, 2.05) is 18.2 Å². The van der Waals surface area contributed by atoms with Gasteiger partial charge in [0.15, 0.2) is 0 Å². The summed E-state index contributed by atoms with van der Waals surface area (Å²) < 4.78 is 2.23. The highest BCUT2D eigenvalue weighted by molar-refractivity contribution is 6.31. The molecule has 1 aromatic heterocycles. The second-order valence-electron chi connectivity index (χ2n) is 7.34. The molecule has 1 aromatic carbocycles. The summed E-state index contributed by atoms with van der Waals surface area (Å²) in [5.74, 6) is 0.319. The van der Waals surface area contributed by atoms with E-state index in [1.165, 1.54) is 0 Å². The predicted octanol–water partition coefficient (Wildman–Crippen LogP) is 4.44. The minimum absolute atomic E-state index is 0.0407. The van der Waals surface area contributed by atoms with Gasteiger partial charge in [-0.15, -0.1) is 0 Å². The second-order valence-corrected chi connectivity index (χ2v) is 7.77. The quantitative estimate of drug-likeness (QED) is 0.881. The van der Waals surface area contributed by atoms with Gasteiger partial charge >= 0.3 is 0 Å². The van der Waals surface area contributed by atoms with Crippen LogP contribution in [-0.4, -0.2) is 16.5 Å². The van der Waals surface area contributed by atoms with Gasteiger partial charge in [-0.1, -0.05) is 24.4 Å². The number of rotatable bonds is 4. The lowest BCUT2D eigenvalue weighted by molar-refractivity contribution is -0.127. The zero-order valence-corrected chi connectivity index (χ0v) is 14.9. The number of fused-ring (bicyclic) bond motifs is 1. The number of aromatic nitrogens is 1. The average molecular weight is 356 g/mol. The molecule has 2 saturated carbocycles. The summed E-state index contributed by atoms with van der Waals surface area (Å²) in [6, 6.07) is 10.0. The molecule has 2 aromatic rings. The zero-order valence-electron chi connectivity index (χ0n) is 14.1.